The highest BCUT2D eigenvalue weighted by molar-refractivity contribution is 6.03. The second-order valence-corrected chi connectivity index (χ2v) is 8.91. The molecular weight excluding hydrogens is 400 g/mol. The van der Waals surface area contributed by atoms with Crippen molar-refractivity contribution in [2.75, 3.05) is 0 Å². The van der Waals surface area contributed by atoms with E-state index in [-0.39, 0.29) is 0 Å². The lowest BCUT2D eigenvalue weighted by Crippen LogP contribution is -2.30. The molecule has 156 valence electrons. The highest BCUT2D eigenvalue weighted by Crippen LogP contribution is 2.45. The van der Waals surface area contributed by atoms with E-state index < -0.39 is 0 Å². The zero-order valence-corrected chi connectivity index (χ0v) is 18.7. The third-order valence-electron chi connectivity index (χ3n) is 7.22. The Hall–Kier alpha value is -4.17. The minimum Gasteiger partial charge on any atom is -0.225 e. The molecule has 0 bridgehead atoms. The van der Waals surface area contributed by atoms with Crippen LogP contribution in [0.4, 0.5) is 0 Å². The predicted molar refractivity (Wildman–Crippen MR) is 137 cm³/mol. The molecule has 5 aromatic carbocycles. The van der Waals surface area contributed by atoms with Crippen molar-refractivity contribution >= 4 is 21.8 Å². The molecule has 0 unspecified atom stereocenters. The number of imidazole rings is 1. The van der Waals surface area contributed by atoms with E-state index in [1.165, 1.54) is 66.7 Å². The van der Waals surface area contributed by atoms with Crippen molar-refractivity contribution < 1.29 is 4.57 Å². The van der Waals surface area contributed by atoms with Crippen molar-refractivity contribution in [2.24, 2.45) is 7.05 Å². The van der Waals surface area contributed by atoms with Crippen LogP contribution in [-0.2, 0) is 7.05 Å². The number of aromatic nitrogens is 2. The van der Waals surface area contributed by atoms with E-state index in [9.17, 15) is 0 Å². The molecule has 0 amide bonds. The fraction of sp³-hybridized carbons (Fsp3) is 0.0645. The molecule has 0 saturated heterocycles. The van der Waals surface area contributed by atoms with Gasteiger partial charge in [0.2, 0.25) is 0 Å². The second kappa shape index (κ2) is 6.66. The normalized spacial score (nSPS) is 11.9. The smallest absolute Gasteiger partial charge is 0.225 e. The van der Waals surface area contributed by atoms with Gasteiger partial charge in [0.15, 0.2) is 11.0 Å². The van der Waals surface area contributed by atoms with Crippen molar-refractivity contribution in [3.05, 3.63) is 109 Å². The summed E-state index contributed by atoms with van der Waals surface area (Å²) in [7, 11) is 2.20. The van der Waals surface area contributed by atoms with Crippen molar-refractivity contribution in [2.45, 2.75) is 6.92 Å². The van der Waals surface area contributed by atoms with Gasteiger partial charge in [0.1, 0.15) is 5.69 Å². The molecule has 1 aliphatic rings. The zero-order chi connectivity index (χ0) is 22.1. The first kappa shape index (κ1) is 18.4. The first-order valence-corrected chi connectivity index (χ1v) is 11.5. The van der Waals surface area contributed by atoms with Gasteiger partial charge in [-0.2, -0.15) is 4.57 Å². The first-order chi connectivity index (χ1) is 16.2. The quantitative estimate of drug-likeness (QED) is 0.246. The van der Waals surface area contributed by atoms with Gasteiger partial charge in [0.05, 0.1) is 12.6 Å². The molecule has 0 atom stereocenters. The maximum absolute atomic E-state index is 2.48. The Bertz CT molecular complexity index is 1740. The summed E-state index contributed by atoms with van der Waals surface area (Å²) in [4.78, 5) is 0. The third kappa shape index (κ3) is 2.41. The number of fused-ring (bicyclic) bond motifs is 6. The minimum atomic E-state index is 1.21. The number of benzene rings is 5. The van der Waals surface area contributed by atoms with E-state index >= 15 is 0 Å². The van der Waals surface area contributed by atoms with Crippen LogP contribution in [0.5, 0.6) is 0 Å². The van der Waals surface area contributed by atoms with Crippen LogP contribution in [0.15, 0.2) is 103 Å². The Morgan fingerprint density at radius 1 is 0.576 bits per heavy atom. The highest BCUT2D eigenvalue weighted by Gasteiger charge is 2.33. The number of para-hydroxylation sites is 2. The van der Waals surface area contributed by atoms with Crippen molar-refractivity contribution in [1.82, 2.24) is 4.57 Å². The second-order valence-electron chi connectivity index (χ2n) is 8.91. The molecule has 6 aromatic rings. The van der Waals surface area contributed by atoms with E-state index in [1.54, 1.807) is 0 Å². The summed E-state index contributed by atoms with van der Waals surface area (Å²) in [6.07, 6.45) is 0. The maximum atomic E-state index is 2.48. The molecule has 0 saturated carbocycles. The highest BCUT2D eigenvalue weighted by atomic mass is 15.2. The van der Waals surface area contributed by atoms with Crippen LogP contribution in [0.2, 0.25) is 0 Å². The SMILES string of the molecule is Cc1c(-c2n3c4c(cccc4[n+]2C)-c2ccccc2-c2ccccc2-3)ccc2ccccc12. The van der Waals surface area contributed by atoms with Gasteiger partial charge in [0, 0.05) is 11.1 Å². The number of hydrogen-bond acceptors (Lipinski definition) is 0. The topological polar surface area (TPSA) is 8.81 Å². The average Bonchev–Trinajstić information content (AvgIpc) is 3.09. The third-order valence-corrected chi connectivity index (χ3v) is 7.22. The summed E-state index contributed by atoms with van der Waals surface area (Å²) in [5.41, 5.74) is 11.4. The number of aryl methyl sites for hydroxylation is 2. The van der Waals surface area contributed by atoms with Gasteiger partial charge in [-0.1, -0.05) is 78.9 Å². The van der Waals surface area contributed by atoms with E-state index in [0.29, 0.717) is 0 Å². The van der Waals surface area contributed by atoms with Crippen LogP contribution >= 0.6 is 0 Å². The Labute approximate surface area is 193 Å². The van der Waals surface area contributed by atoms with Crippen LogP contribution in [0.1, 0.15) is 5.56 Å². The van der Waals surface area contributed by atoms with Crippen LogP contribution in [-0.4, -0.2) is 4.57 Å². The van der Waals surface area contributed by atoms with Gasteiger partial charge in [-0.25, -0.2) is 4.57 Å². The number of hydrogen-bond donors (Lipinski definition) is 0. The molecule has 33 heavy (non-hydrogen) atoms. The molecular formula is C31H23N2+. The minimum absolute atomic E-state index is 1.21. The molecule has 0 fully saturated rings. The summed E-state index contributed by atoms with van der Waals surface area (Å²) in [5.74, 6) is 1.21. The fourth-order valence-corrected chi connectivity index (χ4v) is 5.68. The lowest BCUT2D eigenvalue weighted by atomic mass is 9.94. The van der Waals surface area contributed by atoms with E-state index in [0.717, 1.165) is 0 Å². The van der Waals surface area contributed by atoms with Gasteiger partial charge in [-0.3, -0.25) is 0 Å². The maximum Gasteiger partial charge on any atom is 0.295 e. The average molecular weight is 424 g/mol. The molecule has 2 heteroatoms. The Morgan fingerprint density at radius 2 is 1.24 bits per heavy atom. The molecule has 0 spiro atoms. The van der Waals surface area contributed by atoms with Crippen LogP contribution in [0, 0.1) is 6.92 Å². The molecule has 0 N–H and O–H groups in total. The summed E-state index contributed by atoms with van der Waals surface area (Å²) < 4.78 is 4.84. The van der Waals surface area contributed by atoms with Crippen LogP contribution < -0.4 is 4.57 Å². The van der Waals surface area contributed by atoms with E-state index in [4.69, 9.17) is 0 Å². The lowest BCUT2D eigenvalue weighted by Gasteiger charge is -2.11. The van der Waals surface area contributed by atoms with Crippen LogP contribution in [0.25, 0.3) is 61.1 Å². The molecule has 1 aromatic heterocycles. The molecule has 0 radical (unpaired) electrons. The Kier molecular flexibility index (Phi) is 3.72. The van der Waals surface area contributed by atoms with Crippen molar-refractivity contribution in [1.29, 1.82) is 0 Å². The fourth-order valence-electron chi connectivity index (χ4n) is 5.68. The van der Waals surface area contributed by atoms with Gasteiger partial charge >= 0.3 is 0 Å². The van der Waals surface area contributed by atoms with E-state index in [2.05, 4.69) is 126 Å². The largest absolute Gasteiger partial charge is 0.295 e. The van der Waals surface area contributed by atoms with Gasteiger partial charge in [0.25, 0.3) is 5.82 Å². The first-order valence-electron chi connectivity index (χ1n) is 11.5. The molecule has 7 rings (SSSR count). The Balaban J connectivity index is 1.70. The van der Waals surface area contributed by atoms with E-state index in [1.807, 2.05) is 0 Å². The number of nitrogens with zero attached hydrogens (tertiary/aromatic N) is 2. The predicted octanol–water partition coefficient (Wildman–Crippen LogP) is 7.23. The summed E-state index contributed by atoms with van der Waals surface area (Å²) >= 11 is 0. The van der Waals surface area contributed by atoms with Gasteiger partial charge in [-0.05, 0) is 58.7 Å². The number of rotatable bonds is 1. The monoisotopic (exact) mass is 423 g/mol. The zero-order valence-electron chi connectivity index (χ0n) is 18.7. The van der Waals surface area contributed by atoms with Crippen molar-refractivity contribution in [3.63, 3.8) is 0 Å². The van der Waals surface area contributed by atoms with Crippen LogP contribution in [0.3, 0.4) is 0 Å². The molecule has 0 aliphatic carbocycles. The van der Waals surface area contributed by atoms with Gasteiger partial charge in [-0.15, -0.1) is 0 Å². The standard InChI is InChI=1S/C31H23N2/c1-20-22-11-4-3-10-21(22)18-19-23(20)31-32(2)29-17-9-15-27-25-13-6-5-12-24(25)26-14-7-8-16-28(26)33(31)30(27)29/h3-19H,1-2H3/q+1. The summed E-state index contributed by atoms with van der Waals surface area (Å²) in [6, 6.07) is 37.5. The Morgan fingerprint density at radius 3 is 2.09 bits per heavy atom. The molecule has 2 nitrogen and oxygen atoms in total. The lowest BCUT2D eigenvalue weighted by molar-refractivity contribution is -0.633. The molecule has 1 aliphatic heterocycles. The molecule has 2 heterocycles. The summed E-state index contributed by atoms with van der Waals surface area (Å²) in [5, 5.41) is 2.58. The summed E-state index contributed by atoms with van der Waals surface area (Å²) in [6.45, 7) is 2.25. The van der Waals surface area contributed by atoms with Gasteiger partial charge < -0.3 is 0 Å². The van der Waals surface area contributed by atoms with Crippen molar-refractivity contribution in [3.8, 4) is 39.3 Å².